The van der Waals surface area contributed by atoms with Crippen LogP contribution in [-0.4, -0.2) is 43.7 Å². The summed E-state index contributed by atoms with van der Waals surface area (Å²) >= 11 is 0. The Hall–Kier alpha value is -1.65. The van der Waals surface area contributed by atoms with E-state index >= 15 is 0 Å². The van der Waals surface area contributed by atoms with Gasteiger partial charge in [0.15, 0.2) is 5.76 Å². The van der Waals surface area contributed by atoms with E-state index in [4.69, 9.17) is 9.40 Å². The van der Waals surface area contributed by atoms with Crippen LogP contribution in [0, 0.1) is 5.92 Å². The highest BCUT2D eigenvalue weighted by molar-refractivity contribution is 5.26. The number of quaternary nitrogens is 1. The first-order chi connectivity index (χ1) is 15.6. The van der Waals surface area contributed by atoms with Gasteiger partial charge in [0.05, 0.1) is 32.8 Å². The molecule has 178 valence electrons. The molecule has 1 heterocycles. The summed E-state index contributed by atoms with van der Waals surface area (Å²) in [7, 11) is 6.69. The zero-order valence-corrected chi connectivity index (χ0v) is 20.8. The lowest BCUT2D eigenvalue weighted by atomic mass is 9.77. The van der Waals surface area contributed by atoms with Crippen molar-refractivity contribution in [3.63, 3.8) is 0 Å². The highest BCUT2D eigenvalue weighted by Crippen LogP contribution is 2.40. The van der Waals surface area contributed by atoms with Gasteiger partial charge in [-0.05, 0) is 57.2 Å². The van der Waals surface area contributed by atoms with Crippen LogP contribution >= 0.6 is 0 Å². The predicted molar refractivity (Wildman–Crippen MR) is 134 cm³/mol. The van der Waals surface area contributed by atoms with Crippen molar-refractivity contribution in [2.75, 3.05) is 34.2 Å². The maximum Gasteiger partial charge on any atom is 0.202 e. The predicted octanol–water partition coefficient (Wildman–Crippen LogP) is 6.52. The molecule has 1 aliphatic carbocycles. The van der Waals surface area contributed by atoms with Crippen molar-refractivity contribution >= 4 is 0 Å². The zero-order chi connectivity index (χ0) is 22.7. The maximum absolute atomic E-state index is 6.44. The molecule has 4 nitrogen and oxygen atoms in total. The Morgan fingerprint density at radius 1 is 0.969 bits per heavy atom. The Kier molecular flexibility index (Phi) is 10.3. The Bertz CT molecular complexity index is 749. The molecular weight excluding hydrogens is 394 g/mol. The fraction of sp³-hybridized carbons (Fsp3) is 0.679. The molecule has 1 aromatic heterocycles. The molecule has 1 aliphatic rings. The molecule has 1 aromatic carbocycles. The normalized spacial score (nSPS) is 16.3. The van der Waals surface area contributed by atoms with Gasteiger partial charge in [0.25, 0.3) is 0 Å². The van der Waals surface area contributed by atoms with Gasteiger partial charge >= 0.3 is 0 Å². The molecule has 4 heteroatoms. The molecule has 0 saturated heterocycles. The van der Waals surface area contributed by atoms with Gasteiger partial charge < -0.3 is 14.2 Å². The van der Waals surface area contributed by atoms with Crippen LogP contribution in [-0.2, 0) is 6.54 Å². The lowest BCUT2D eigenvalue weighted by Crippen LogP contribution is -2.39. The minimum atomic E-state index is 0.295. The number of rotatable bonds is 14. The Morgan fingerprint density at radius 3 is 2.38 bits per heavy atom. The van der Waals surface area contributed by atoms with Crippen molar-refractivity contribution in [1.29, 1.82) is 0 Å². The van der Waals surface area contributed by atoms with Gasteiger partial charge in [0.2, 0.25) is 5.89 Å². The lowest BCUT2D eigenvalue weighted by Gasteiger charge is -2.29. The third kappa shape index (κ3) is 8.04. The number of nitrogens with one attached hydrogen (secondary N) is 1. The molecule has 32 heavy (non-hydrogen) atoms. The van der Waals surface area contributed by atoms with Crippen LogP contribution in [0.1, 0.15) is 93.8 Å². The minimum Gasteiger partial charge on any atom is -0.439 e. The number of hydrogen-bond donors (Lipinski definition) is 1. The molecule has 0 amide bonds. The van der Waals surface area contributed by atoms with Gasteiger partial charge in [0.1, 0.15) is 6.54 Å². The van der Waals surface area contributed by atoms with Crippen LogP contribution in [0.2, 0.25) is 0 Å². The van der Waals surface area contributed by atoms with Crippen molar-refractivity contribution in [3.8, 4) is 0 Å². The summed E-state index contributed by atoms with van der Waals surface area (Å²) in [5.74, 6) is 2.91. The van der Waals surface area contributed by atoms with E-state index in [9.17, 15) is 0 Å². The van der Waals surface area contributed by atoms with Gasteiger partial charge in [0, 0.05) is 0 Å². The van der Waals surface area contributed by atoms with Gasteiger partial charge in [-0.2, -0.15) is 0 Å². The van der Waals surface area contributed by atoms with Crippen molar-refractivity contribution < 1.29 is 8.90 Å². The van der Waals surface area contributed by atoms with Crippen LogP contribution in [0.15, 0.2) is 40.9 Å². The summed E-state index contributed by atoms with van der Waals surface area (Å²) in [5.41, 5.74) is 1.36. The van der Waals surface area contributed by atoms with E-state index in [0.29, 0.717) is 11.8 Å². The lowest BCUT2D eigenvalue weighted by molar-refractivity contribution is -0.904. The van der Waals surface area contributed by atoms with E-state index in [1.54, 1.807) is 0 Å². The second-order valence-corrected chi connectivity index (χ2v) is 10.5. The number of oxazole rings is 1. The topological polar surface area (TPSA) is 38.1 Å². The second kappa shape index (κ2) is 13.2. The quantitative estimate of drug-likeness (QED) is 0.268. The van der Waals surface area contributed by atoms with Gasteiger partial charge in [-0.1, -0.05) is 68.9 Å². The molecule has 1 unspecified atom stereocenters. The summed E-state index contributed by atoms with van der Waals surface area (Å²) in [4.78, 5) is 4.82. The fourth-order valence-electron chi connectivity index (χ4n) is 5.33. The number of aromatic nitrogens is 1. The molecule has 2 aromatic rings. The first kappa shape index (κ1) is 25.0. The molecule has 1 saturated carbocycles. The van der Waals surface area contributed by atoms with E-state index < -0.39 is 0 Å². The summed E-state index contributed by atoms with van der Waals surface area (Å²) in [6, 6.07) is 10.9. The largest absolute Gasteiger partial charge is 0.439 e. The van der Waals surface area contributed by atoms with Crippen LogP contribution < -0.4 is 5.32 Å². The second-order valence-electron chi connectivity index (χ2n) is 10.5. The van der Waals surface area contributed by atoms with Gasteiger partial charge in [-0.3, -0.25) is 0 Å². The van der Waals surface area contributed by atoms with E-state index in [-0.39, 0.29) is 0 Å². The van der Waals surface area contributed by atoms with E-state index in [1.807, 2.05) is 13.2 Å². The fourth-order valence-corrected chi connectivity index (χ4v) is 5.33. The standard InChI is InChI=1S/C28H46N3O/c1-29-20-14-6-4-5-7-15-21-31(2,3)23-26-22-30-28(32-26)27(24-16-10-8-11-17-24)25-18-12-9-13-19-25/h8,10-11,16-17,22,25,27,29H,4-7,9,12-15,18-21,23H2,1-3H3/q+1. The SMILES string of the molecule is CNCCCCCCCC[N+](C)(C)Cc1cnc(C(c2ccccc2)C2CCCCC2)o1. The maximum atomic E-state index is 6.44. The van der Waals surface area contributed by atoms with Crippen molar-refractivity contribution in [2.24, 2.45) is 5.92 Å². The Balaban J connectivity index is 1.53. The Labute approximate surface area is 196 Å². The zero-order valence-electron chi connectivity index (χ0n) is 20.8. The monoisotopic (exact) mass is 440 g/mol. The van der Waals surface area contributed by atoms with Crippen molar-refractivity contribution in [2.45, 2.75) is 83.1 Å². The molecule has 1 N–H and O–H groups in total. The van der Waals surface area contributed by atoms with Crippen LogP contribution in [0.4, 0.5) is 0 Å². The van der Waals surface area contributed by atoms with E-state index in [1.165, 1.54) is 82.7 Å². The smallest absolute Gasteiger partial charge is 0.202 e. The van der Waals surface area contributed by atoms with E-state index in [0.717, 1.165) is 29.2 Å². The van der Waals surface area contributed by atoms with Crippen LogP contribution in [0.5, 0.6) is 0 Å². The summed E-state index contributed by atoms with van der Waals surface area (Å²) < 4.78 is 7.41. The number of hydrogen-bond acceptors (Lipinski definition) is 3. The first-order valence-corrected chi connectivity index (χ1v) is 13.1. The highest BCUT2D eigenvalue weighted by atomic mass is 16.4. The first-order valence-electron chi connectivity index (χ1n) is 13.1. The molecule has 0 radical (unpaired) electrons. The number of unbranched alkanes of at least 4 members (excludes halogenated alkanes) is 5. The molecule has 3 rings (SSSR count). The molecule has 1 atom stereocenters. The Morgan fingerprint density at radius 2 is 1.66 bits per heavy atom. The highest BCUT2D eigenvalue weighted by Gasteiger charge is 2.31. The number of nitrogens with zero attached hydrogens (tertiary/aromatic N) is 2. The molecule has 0 spiro atoms. The average molecular weight is 441 g/mol. The molecular formula is C28H46N3O+. The molecule has 1 fully saturated rings. The summed E-state index contributed by atoms with van der Waals surface area (Å²) in [5, 5.41) is 3.23. The number of benzene rings is 1. The van der Waals surface area contributed by atoms with Crippen LogP contribution in [0.3, 0.4) is 0 Å². The average Bonchev–Trinajstić information content (AvgIpc) is 3.24. The molecule has 0 aliphatic heterocycles. The third-order valence-electron chi connectivity index (χ3n) is 7.14. The summed E-state index contributed by atoms with van der Waals surface area (Å²) in [6.07, 6.45) is 16.6. The van der Waals surface area contributed by atoms with E-state index in [2.05, 4.69) is 49.7 Å². The molecule has 0 bridgehead atoms. The van der Waals surface area contributed by atoms with Crippen LogP contribution in [0.25, 0.3) is 0 Å². The summed E-state index contributed by atoms with van der Waals surface area (Å²) in [6.45, 7) is 3.26. The van der Waals surface area contributed by atoms with Crippen molar-refractivity contribution in [1.82, 2.24) is 10.3 Å². The minimum absolute atomic E-state index is 0.295. The van der Waals surface area contributed by atoms with Gasteiger partial charge in [-0.25, -0.2) is 4.98 Å². The third-order valence-corrected chi connectivity index (χ3v) is 7.14. The van der Waals surface area contributed by atoms with Crippen molar-refractivity contribution in [3.05, 3.63) is 53.7 Å². The van der Waals surface area contributed by atoms with Gasteiger partial charge in [-0.15, -0.1) is 0 Å².